The predicted molar refractivity (Wildman–Crippen MR) is 126 cm³/mol. The lowest BCUT2D eigenvalue weighted by Crippen LogP contribution is -2.62. The lowest BCUT2D eigenvalue weighted by atomic mass is 9.94. The summed E-state index contributed by atoms with van der Waals surface area (Å²) < 4.78 is 13.0. The fraction of sp³-hybridized carbons (Fsp3) is 0.240. The first kappa shape index (κ1) is 21.6. The predicted octanol–water partition coefficient (Wildman–Crippen LogP) is 2.56. The van der Waals surface area contributed by atoms with Crippen molar-refractivity contribution >= 4 is 16.9 Å². The molecule has 9 nitrogen and oxygen atoms in total. The van der Waals surface area contributed by atoms with Gasteiger partial charge in [0.05, 0.1) is 49.7 Å². The number of benzene rings is 2. The molecule has 9 heteroatoms. The minimum absolute atomic E-state index is 0.0566. The highest BCUT2D eigenvalue weighted by molar-refractivity contribution is 6.01. The largest absolute Gasteiger partial charge is 0.496 e. The molecular formula is C25H23N5O4. The van der Waals surface area contributed by atoms with Gasteiger partial charge in [-0.2, -0.15) is 5.10 Å². The Balaban J connectivity index is 1.54. The lowest BCUT2D eigenvalue weighted by Gasteiger charge is -2.43. The molecule has 0 bridgehead atoms. The number of nitrogens with one attached hydrogen (secondary N) is 1. The molecule has 0 atom stereocenters. The number of likely N-dealkylation sites (tertiary alicyclic amines) is 1. The Bertz CT molecular complexity index is 1430. The summed E-state index contributed by atoms with van der Waals surface area (Å²) in [7, 11) is 2.99. The molecule has 0 radical (unpaired) electrons. The molecule has 172 valence electrons. The van der Waals surface area contributed by atoms with Crippen LogP contribution >= 0.6 is 0 Å². The van der Waals surface area contributed by atoms with Gasteiger partial charge in [0.15, 0.2) is 5.60 Å². The first-order valence-corrected chi connectivity index (χ1v) is 10.6. The van der Waals surface area contributed by atoms with Gasteiger partial charge in [-0.15, -0.1) is 6.42 Å². The van der Waals surface area contributed by atoms with Crippen LogP contribution in [0.3, 0.4) is 0 Å². The highest BCUT2D eigenvalue weighted by atomic mass is 16.5. The van der Waals surface area contributed by atoms with Crippen molar-refractivity contribution in [2.45, 2.75) is 12.5 Å². The van der Waals surface area contributed by atoms with Gasteiger partial charge in [0.2, 0.25) is 0 Å². The Kier molecular flexibility index (Phi) is 5.03. The molecular weight excluding hydrogens is 434 g/mol. The topological polar surface area (TPSA) is 106 Å². The van der Waals surface area contributed by atoms with Crippen molar-refractivity contribution in [3.63, 3.8) is 0 Å². The van der Waals surface area contributed by atoms with Gasteiger partial charge in [0.25, 0.3) is 5.91 Å². The second kappa shape index (κ2) is 7.93. The summed E-state index contributed by atoms with van der Waals surface area (Å²) in [6.45, 7) is 2.06. The zero-order valence-electron chi connectivity index (χ0n) is 19.0. The Morgan fingerprint density at radius 1 is 1.21 bits per heavy atom. The molecule has 2 aromatic carbocycles. The van der Waals surface area contributed by atoms with Gasteiger partial charge in [0.1, 0.15) is 23.4 Å². The molecule has 0 aliphatic carbocycles. The number of methoxy groups -OCH3 is 2. The molecule has 1 aliphatic rings. The molecule has 2 N–H and O–H groups in total. The molecule has 2 aromatic heterocycles. The molecule has 34 heavy (non-hydrogen) atoms. The number of aromatic amines is 1. The number of β-amino-alcohol motifs (C(OH)–C–C–N with tert-alkyl or cyclic N) is 1. The number of nitrogens with zero attached hydrogens (tertiary/aromatic N) is 4. The van der Waals surface area contributed by atoms with Gasteiger partial charge >= 0.3 is 0 Å². The van der Waals surface area contributed by atoms with Crippen molar-refractivity contribution in [3.8, 4) is 40.7 Å². The van der Waals surface area contributed by atoms with Gasteiger partial charge in [0, 0.05) is 23.9 Å². The van der Waals surface area contributed by atoms with E-state index in [9.17, 15) is 9.90 Å². The number of aryl methyl sites for hydroxylation is 1. The maximum absolute atomic E-state index is 13.1. The minimum atomic E-state index is -1.29. The Morgan fingerprint density at radius 2 is 1.91 bits per heavy atom. The number of hydrogen-bond acceptors (Lipinski definition) is 6. The fourth-order valence-electron chi connectivity index (χ4n) is 4.26. The zero-order valence-corrected chi connectivity index (χ0v) is 19.0. The average Bonchev–Trinajstić information content (AvgIpc) is 3.46. The van der Waals surface area contributed by atoms with Crippen molar-refractivity contribution < 1.29 is 19.4 Å². The van der Waals surface area contributed by atoms with Crippen LogP contribution in [0.4, 0.5) is 0 Å². The van der Waals surface area contributed by atoms with Crippen LogP contribution in [0.15, 0.2) is 42.9 Å². The lowest BCUT2D eigenvalue weighted by molar-refractivity contribution is -0.0389. The van der Waals surface area contributed by atoms with Crippen LogP contribution in [-0.4, -0.2) is 68.6 Å². The van der Waals surface area contributed by atoms with E-state index in [0.717, 1.165) is 33.5 Å². The van der Waals surface area contributed by atoms with Crippen molar-refractivity contribution in [1.29, 1.82) is 0 Å². The molecule has 3 heterocycles. The summed E-state index contributed by atoms with van der Waals surface area (Å²) in [5.74, 6) is 2.69. The van der Waals surface area contributed by atoms with Crippen molar-refractivity contribution in [2.24, 2.45) is 0 Å². The second-order valence-corrected chi connectivity index (χ2v) is 8.26. The highest BCUT2D eigenvalue weighted by Crippen LogP contribution is 2.36. The molecule has 1 saturated heterocycles. The summed E-state index contributed by atoms with van der Waals surface area (Å²) in [4.78, 5) is 19.2. The third kappa shape index (κ3) is 3.36. The van der Waals surface area contributed by atoms with E-state index in [1.165, 1.54) is 19.1 Å². The maximum Gasteiger partial charge on any atom is 0.261 e. The average molecular weight is 457 g/mol. The number of fused-ring (bicyclic) bond motifs is 1. The summed E-state index contributed by atoms with van der Waals surface area (Å²) in [6, 6.07) is 9.53. The molecule has 0 spiro atoms. The van der Waals surface area contributed by atoms with Gasteiger partial charge in [-0.05, 0) is 24.6 Å². The summed E-state index contributed by atoms with van der Waals surface area (Å²) >= 11 is 0. The molecule has 5 rings (SSSR count). The third-order valence-corrected chi connectivity index (χ3v) is 6.13. The number of hydrogen-bond donors (Lipinski definition) is 2. The molecule has 0 unspecified atom stereocenters. The van der Waals surface area contributed by atoms with Gasteiger partial charge in [-0.1, -0.05) is 12.0 Å². The number of H-pyrrole nitrogens is 1. The zero-order chi connectivity index (χ0) is 24.0. The van der Waals surface area contributed by atoms with Gasteiger partial charge in [-0.3, -0.25) is 14.5 Å². The number of rotatable bonds is 5. The maximum atomic E-state index is 13.1. The number of amides is 1. The van der Waals surface area contributed by atoms with Crippen LogP contribution in [0.2, 0.25) is 0 Å². The van der Waals surface area contributed by atoms with E-state index in [1.807, 2.05) is 35.9 Å². The highest BCUT2D eigenvalue weighted by Gasteiger charge is 2.43. The first-order chi connectivity index (χ1) is 16.4. The van der Waals surface area contributed by atoms with Gasteiger partial charge < -0.3 is 19.5 Å². The standard InChI is InChI=1S/C25H23N5O4/c1-5-25(32)12-29(13-25)24(31)23-21(33-3)9-17(10-22(23)34-4)30-14-26-19-8-16(6-7-20(19)30)18-11-27-28-15(18)2/h1,6-11,14,32H,12-13H2,2-4H3,(H,27,28). The summed E-state index contributed by atoms with van der Waals surface area (Å²) in [5, 5.41) is 17.2. The third-order valence-electron chi connectivity index (χ3n) is 6.13. The number of imidazole rings is 1. The van der Waals surface area contributed by atoms with Crippen molar-refractivity contribution in [3.05, 3.63) is 54.1 Å². The Hall–Kier alpha value is -4.29. The van der Waals surface area contributed by atoms with Crippen LogP contribution in [0.1, 0.15) is 16.1 Å². The van der Waals surface area contributed by atoms with Gasteiger partial charge in [-0.25, -0.2) is 4.98 Å². The second-order valence-electron chi connectivity index (χ2n) is 8.26. The van der Waals surface area contributed by atoms with Crippen LogP contribution in [0.5, 0.6) is 11.5 Å². The van der Waals surface area contributed by atoms with E-state index < -0.39 is 5.60 Å². The minimum Gasteiger partial charge on any atom is -0.496 e. The van der Waals surface area contributed by atoms with Crippen LogP contribution < -0.4 is 9.47 Å². The molecule has 0 saturated carbocycles. The number of terminal acetylenes is 1. The van der Waals surface area contributed by atoms with Crippen LogP contribution in [0, 0.1) is 19.3 Å². The molecule has 1 aliphatic heterocycles. The number of aromatic nitrogens is 4. The van der Waals surface area contributed by atoms with E-state index in [0.29, 0.717) is 11.5 Å². The SMILES string of the molecule is C#CC1(O)CN(C(=O)c2c(OC)cc(-n3cnc4cc(-c5c[nH]nc5C)ccc43)cc2OC)C1. The number of carbonyl (C=O) groups excluding carboxylic acids is 1. The van der Waals surface area contributed by atoms with E-state index in [1.54, 1.807) is 18.5 Å². The summed E-state index contributed by atoms with van der Waals surface area (Å²) in [6.07, 6.45) is 8.92. The normalized spacial score (nSPS) is 14.5. The first-order valence-electron chi connectivity index (χ1n) is 10.6. The van der Waals surface area contributed by atoms with E-state index >= 15 is 0 Å². The van der Waals surface area contributed by atoms with E-state index in [2.05, 4.69) is 21.1 Å². The Morgan fingerprint density at radius 3 is 2.50 bits per heavy atom. The molecule has 4 aromatic rings. The van der Waals surface area contributed by atoms with E-state index in [4.69, 9.17) is 15.9 Å². The van der Waals surface area contributed by atoms with Crippen molar-refractivity contribution in [2.75, 3.05) is 27.3 Å². The Labute approximate surface area is 195 Å². The summed E-state index contributed by atoms with van der Waals surface area (Å²) in [5.41, 5.74) is 4.35. The number of carbonyl (C=O) groups is 1. The molecule has 1 fully saturated rings. The number of aliphatic hydroxyl groups is 1. The molecule has 1 amide bonds. The fourth-order valence-corrected chi connectivity index (χ4v) is 4.26. The monoisotopic (exact) mass is 457 g/mol. The van der Waals surface area contributed by atoms with Crippen molar-refractivity contribution in [1.82, 2.24) is 24.6 Å². The quantitative estimate of drug-likeness (QED) is 0.446. The van der Waals surface area contributed by atoms with Crippen LogP contribution in [0.25, 0.3) is 27.8 Å². The smallest absolute Gasteiger partial charge is 0.261 e. The van der Waals surface area contributed by atoms with Crippen LogP contribution in [-0.2, 0) is 0 Å². The number of ether oxygens (including phenoxy) is 2. The van der Waals surface area contributed by atoms with E-state index in [-0.39, 0.29) is 24.6 Å².